The molecule has 4 bridgehead atoms. The summed E-state index contributed by atoms with van der Waals surface area (Å²) in [6.45, 7) is 12.0. The molecule has 1 saturated heterocycles. The Morgan fingerprint density at radius 3 is 2.97 bits per heavy atom. The lowest BCUT2D eigenvalue weighted by molar-refractivity contribution is 0.260. The molecule has 34 heavy (non-hydrogen) atoms. The molecule has 0 radical (unpaired) electrons. The number of hydrogen-bond donors (Lipinski definition) is 1. The minimum Gasteiger partial charge on any atom is -0.477 e. The van der Waals surface area contributed by atoms with Crippen LogP contribution in [0.5, 0.6) is 5.88 Å². The molecule has 6 heterocycles. The number of hydrogen-bond acceptors (Lipinski definition) is 8. The van der Waals surface area contributed by atoms with Crippen LogP contribution in [-0.2, 0) is 7.05 Å². The summed E-state index contributed by atoms with van der Waals surface area (Å²) in [5.41, 5.74) is 1.74. The summed E-state index contributed by atoms with van der Waals surface area (Å²) in [5.74, 6) is 3.82. The molecule has 0 aromatic carbocycles. The van der Waals surface area contributed by atoms with E-state index in [0.717, 1.165) is 41.8 Å². The molecule has 4 aromatic heterocycles. The zero-order chi connectivity index (χ0) is 23.2. The standard InChI is InChI=1S/C23H24N10O/c1-14-5-7-34-23-17(11-27-31(23)3)21-25-6-4-19(29-21)28-20-8-18-16(10-26-20)22(30-33(14)18)32-12-15(13-32)9-24-2/h4,6,8,10-11,14-15H,5,7,9,12-13H2,1,3H3,(H,25,26,28,29). The quantitative estimate of drug-likeness (QED) is 0.459. The van der Waals surface area contributed by atoms with E-state index < -0.39 is 0 Å². The maximum absolute atomic E-state index is 7.12. The zero-order valence-corrected chi connectivity index (χ0v) is 19.0. The summed E-state index contributed by atoms with van der Waals surface area (Å²) < 4.78 is 9.92. The number of fused-ring (bicyclic) bond motifs is 5. The van der Waals surface area contributed by atoms with Crippen LogP contribution in [0, 0.1) is 12.5 Å². The van der Waals surface area contributed by atoms with Gasteiger partial charge in [-0.1, -0.05) is 0 Å². The first-order chi connectivity index (χ1) is 16.6. The van der Waals surface area contributed by atoms with E-state index in [2.05, 4.69) is 46.7 Å². The van der Waals surface area contributed by atoms with Crippen molar-refractivity contribution in [2.45, 2.75) is 19.4 Å². The third-order valence-corrected chi connectivity index (χ3v) is 6.41. The Balaban J connectivity index is 1.42. The molecule has 11 heteroatoms. The number of nitrogens with zero attached hydrogens (tertiary/aromatic N) is 9. The van der Waals surface area contributed by atoms with Crippen LogP contribution in [0.15, 0.2) is 30.7 Å². The number of nitrogens with one attached hydrogen (secondary N) is 1. The number of anilines is 3. The van der Waals surface area contributed by atoms with Gasteiger partial charge in [-0.05, 0) is 13.0 Å². The number of aryl methyl sites for hydroxylation is 1. The fraction of sp³-hybridized carbons (Fsp3) is 0.391. The van der Waals surface area contributed by atoms with Crippen molar-refractivity contribution >= 4 is 28.4 Å². The van der Waals surface area contributed by atoms with Gasteiger partial charge in [-0.2, -0.15) is 10.2 Å². The molecule has 1 N–H and O–H groups in total. The van der Waals surface area contributed by atoms with E-state index in [9.17, 15) is 0 Å². The van der Waals surface area contributed by atoms with E-state index in [4.69, 9.17) is 16.4 Å². The van der Waals surface area contributed by atoms with E-state index in [0.29, 0.717) is 42.4 Å². The van der Waals surface area contributed by atoms with Gasteiger partial charge in [-0.3, -0.25) is 4.68 Å². The number of aromatic nitrogens is 7. The fourth-order valence-corrected chi connectivity index (χ4v) is 4.53. The van der Waals surface area contributed by atoms with Crippen LogP contribution in [0.2, 0.25) is 0 Å². The van der Waals surface area contributed by atoms with Crippen LogP contribution in [0.1, 0.15) is 19.4 Å². The van der Waals surface area contributed by atoms with Crippen LogP contribution >= 0.6 is 0 Å². The first-order valence-electron chi connectivity index (χ1n) is 11.3. The highest BCUT2D eigenvalue weighted by Crippen LogP contribution is 2.35. The molecule has 0 saturated carbocycles. The molecular formula is C23H24N10O. The summed E-state index contributed by atoms with van der Waals surface area (Å²) >= 11 is 0. The second kappa shape index (κ2) is 7.98. The van der Waals surface area contributed by atoms with E-state index >= 15 is 0 Å². The molecule has 2 aliphatic heterocycles. The Labute approximate surface area is 196 Å². The Morgan fingerprint density at radius 1 is 1.24 bits per heavy atom. The molecule has 0 spiro atoms. The van der Waals surface area contributed by atoms with Crippen molar-refractivity contribution in [3.63, 3.8) is 0 Å². The number of ether oxygens (including phenoxy) is 1. The van der Waals surface area contributed by atoms with Crippen molar-refractivity contribution in [1.29, 1.82) is 0 Å². The minimum atomic E-state index is 0.0977. The number of pyridine rings is 1. The highest BCUT2D eigenvalue weighted by atomic mass is 16.5. The Kier molecular flexibility index (Phi) is 4.79. The third-order valence-electron chi connectivity index (χ3n) is 6.41. The molecule has 172 valence electrons. The zero-order valence-electron chi connectivity index (χ0n) is 19.0. The topological polar surface area (TPSA) is 103 Å². The van der Waals surface area contributed by atoms with Crippen molar-refractivity contribution in [2.24, 2.45) is 13.0 Å². The molecule has 1 fully saturated rings. The van der Waals surface area contributed by atoms with Crippen molar-refractivity contribution in [1.82, 2.24) is 34.5 Å². The summed E-state index contributed by atoms with van der Waals surface area (Å²) in [4.78, 5) is 19.5. The van der Waals surface area contributed by atoms with Crippen LogP contribution < -0.4 is 15.0 Å². The number of rotatable bonds is 2. The smallest absolute Gasteiger partial charge is 0.222 e. The highest BCUT2D eigenvalue weighted by molar-refractivity contribution is 5.92. The average molecular weight is 457 g/mol. The normalized spacial score (nSPS) is 17.9. The van der Waals surface area contributed by atoms with Crippen molar-refractivity contribution in [3.8, 4) is 17.3 Å². The summed E-state index contributed by atoms with van der Waals surface area (Å²) in [5, 5.41) is 13.7. The molecule has 0 aliphatic carbocycles. The van der Waals surface area contributed by atoms with Gasteiger partial charge in [-0.15, -0.1) is 0 Å². The van der Waals surface area contributed by atoms with Gasteiger partial charge in [0, 0.05) is 45.0 Å². The van der Waals surface area contributed by atoms with E-state index in [1.165, 1.54) is 0 Å². The Bertz CT molecular complexity index is 1410. The van der Waals surface area contributed by atoms with Gasteiger partial charge in [0.25, 0.3) is 0 Å². The van der Waals surface area contributed by atoms with Gasteiger partial charge in [0.2, 0.25) is 12.4 Å². The summed E-state index contributed by atoms with van der Waals surface area (Å²) in [6, 6.07) is 3.92. The second-order valence-electron chi connectivity index (χ2n) is 8.83. The lowest BCUT2D eigenvalue weighted by Crippen LogP contribution is -2.48. The van der Waals surface area contributed by atoms with Gasteiger partial charge in [0.15, 0.2) is 11.6 Å². The lowest BCUT2D eigenvalue weighted by atomic mass is 10.0. The van der Waals surface area contributed by atoms with E-state index in [1.807, 2.05) is 19.3 Å². The minimum absolute atomic E-state index is 0.0977. The maximum atomic E-state index is 7.12. The van der Waals surface area contributed by atoms with Crippen molar-refractivity contribution < 1.29 is 4.74 Å². The molecule has 1 unspecified atom stereocenters. The predicted octanol–water partition coefficient (Wildman–Crippen LogP) is 3.06. The fourth-order valence-electron chi connectivity index (χ4n) is 4.53. The largest absolute Gasteiger partial charge is 0.477 e. The van der Waals surface area contributed by atoms with E-state index in [-0.39, 0.29) is 6.04 Å². The average Bonchev–Trinajstić information content (AvgIpc) is 3.36. The highest BCUT2D eigenvalue weighted by Gasteiger charge is 2.33. The van der Waals surface area contributed by atoms with Crippen molar-refractivity contribution in [2.75, 3.05) is 36.5 Å². The first-order valence-corrected chi connectivity index (χ1v) is 11.3. The van der Waals surface area contributed by atoms with Gasteiger partial charge < -0.3 is 19.8 Å². The third kappa shape index (κ3) is 3.39. The molecule has 0 amide bonds. The van der Waals surface area contributed by atoms with Crippen LogP contribution in [0.3, 0.4) is 0 Å². The molecule has 6 rings (SSSR count). The van der Waals surface area contributed by atoms with Crippen molar-refractivity contribution in [3.05, 3.63) is 42.1 Å². The molecular weight excluding hydrogens is 432 g/mol. The van der Waals surface area contributed by atoms with E-state index in [1.54, 1.807) is 23.1 Å². The molecule has 2 aliphatic rings. The van der Waals surface area contributed by atoms with Crippen LogP contribution in [-0.4, -0.2) is 60.8 Å². The predicted molar refractivity (Wildman–Crippen MR) is 127 cm³/mol. The Morgan fingerprint density at radius 2 is 2.12 bits per heavy atom. The first kappa shape index (κ1) is 20.4. The molecule has 11 nitrogen and oxygen atoms in total. The maximum Gasteiger partial charge on any atom is 0.222 e. The SMILES string of the molecule is [C-]#[N+]CC1CN(c2nn3c4cc(ncc24)Nc2ccnc(n2)-c2cnn(C)c2OCCC3C)C1. The molecule has 1 atom stereocenters. The van der Waals surface area contributed by atoms with Gasteiger partial charge in [-0.25, -0.2) is 26.2 Å². The molecule has 4 aromatic rings. The van der Waals surface area contributed by atoms with Crippen LogP contribution in [0.25, 0.3) is 27.1 Å². The van der Waals surface area contributed by atoms with Crippen LogP contribution in [0.4, 0.5) is 17.5 Å². The lowest BCUT2D eigenvalue weighted by Gasteiger charge is -2.36. The monoisotopic (exact) mass is 456 g/mol. The van der Waals surface area contributed by atoms with Gasteiger partial charge >= 0.3 is 0 Å². The van der Waals surface area contributed by atoms with Gasteiger partial charge in [0.1, 0.15) is 17.2 Å². The van der Waals surface area contributed by atoms with Gasteiger partial charge in [0.05, 0.1) is 35.7 Å². The second-order valence-corrected chi connectivity index (χ2v) is 8.83. The summed E-state index contributed by atoms with van der Waals surface area (Å²) in [7, 11) is 1.85. The Hall–Kier alpha value is -4.20. The summed E-state index contributed by atoms with van der Waals surface area (Å²) in [6.07, 6.45) is 6.06.